The summed E-state index contributed by atoms with van der Waals surface area (Å²) in [6.07, 6.45) is 7.24. The van der Waals surface area contributed by atoms with E-state index in [0.717, 1.165) is 31.2 Å². The number of aromatic nitrogens is 4. The van der Waals surface area contributed by atoms with E-state index in [9.17, 15) is 0 Å². The van der Waals surface area contributed by atoms with Crippen molar-refractivity contribution in [3.8, 4) is 0 Å². The Balaban J connectivity index is 1.67. The Morgan fingerprint density at radius 3 is 3.11 bits per heavy atom. The highest BCUT2D eigenvalue weighted by molar-refractivity contribution is 5.38. The molecule has 0 aliphatic carbocycles. The summed E-state index contributed by atoms with van der Waals surface area (Å²) in [5, 5.41) is 7.07. The van der Waals surface area contributed by atoms with Crippen molar-refractivity contribution in [2.24, 2.45) is 5.92 Å². The molecule has 0 saturated carbocycles. The summed E-state index contributed by atoms with van der Waals surface area (Å²) in [5.41, 5.74) is 1.23. The predicted molar refractivity (Wildman–Crippen MR) is 74.0 cm³/mol. The number of aromatic amines is 1. The highest BCUT2D eigenvalue weighted by Gasteiger charge is 2.21. The number of hydrogen-bond acceptors (Lipinski definition) is 4. The largest absolute Gasteiger partial charge is 0.356 e. The third kappa shape index (κ3) is 2.92. The number of piperidine rings is 1. The van der Waals surface area contributed by atoms with Crippen molar-refractivity contribution in [3.63, 3.8) is 0 Å². The van der Waals surface area contributed by atoms with Gasteiger partial charge in [0.15, 0.2) is 0 Å². The highest BCUT2D eigenvalue weighted by atomic mass is 15.2. The van der Waals surface area contributed by atoms with Crippen LogP contribution in [0.25, 0.3) is 0 Å². The summed E-state index contributed by atoms with van der Waals surface area (Å²) in [4.78, 5) is 11.1. The molecule has 0 aromatic carbocycles. The molecule has 5 nitrogen and oxygen atoms in total. The Labute approximate surface area is 113 Å². The quantitative estimate of drug-likeness (QED) is 0.913. The maximum atomic E-state index is 4.52. The maximum Gasteiger partial charge on any atom is 0.132 e. The van der Waals surface area contributed by atoms with Crippen molar-refractivity contribution >= 4 is 5.82 Å². The van der Waals surface area contributed by atoms with Gasteiger partial charge in [-0.15, -0.1) is 0 Å². The lowest BCUT2D eigenvalue weighted by atomic mass is 9.93. The molecule has 0 radical (unpaired) electrons. The first kappa shape index (κ1) is 12.1. The van der Waals surface area contributed by atoms with Gasteiger partial charge in [0, 0.05) is 31.2 Å². The Morgan fingerprint density at radius 2 is 2.32 bits per heavy atom. The van der Waals surface area contributed by atoms with Gasteiger partial charge in [0.05, 0.1) is 0 Å². The number of aryl methyl sites for hydroxylation is 1. The van der Waals surface area contributed by atoms with Gasteiger partial charge in [-0.1, -0.05) is 0 Å². The van der Waals surface area contributed by atoms with Crippen LogP contribution in [0.3, 0.4) is 0 Å². The van der Waals surface area contributed by atoms with Gasteiger partial charge in [-0.3, -0.25) is 5.10 Å². The zero-order valence-corrected chi connectivity index (χ0v) is 11.2. The molecular weight excluding hydrogens is 238 g/mol. The van der Waals surface area contributed by atoms with Crippen molar-refractivity contribution in [1.82, 2.24) is 20.2 Å². The number of rotatable bonds is 3. The van der Waals surface area contributed by atoms with Gasteiger partial charge in [0.1, 0.15) is 11.6 Å². The van der Waals surface area contributed by atoms with Crippen molar-refractivity contribution in [2.45, 2.75) is 26.2 Å². The minimum atomic E-state index is 0.671. The van der Waals surface area contributed by atoms with Crippen molar-refractivity contribution in [2.75, 3.05) is 18.0 Å². The zero-order valence-electron chi connectivity index (χ0n) is 11.2. The lowest BCUT2D eigenvalue weighted by molar-refractivity contribution is 0.408. The first-order valence-electron chi connectivity index (χ1n) is 6.84. The van der Waals surface area contributed by atoms with E-state index in [2.05, 4.69) is 31.1 Å². The summed E-state index contributed by atoms with van der Waals surface area (Å²) in [6.45, 7) is 4.10. The standard InChI is InChI=1S/C14H19N5/c1-11-15-6-5-14(17-11)19-8-2-3-12(10-19)9-13-4-7-16-18-13/h4-7,12H,2-3,8-10H2,1H3,(H,16,18)/t12-/m1/s1. The molecule has 0 unspecified atom stereocenters. The van der Waals surface area contributed by atoms with Crippen LogP contribution in [0, 0.1) is 12.8 Å². The SMILES string of the molecule is Cc1nccc(N2CCC[C@H](Cc3ccn[nH]3)C2)n1. The molecule has 1 aliphatic rings. The second-order valence-corrected chi connectivity index (χ2v) is 5.20. The molecule has 100 valence electrons. The smallest absolute Gasteiger partial charge is 0.132 e. The van der Waals surface area contributed by atoms with E-state index >= 15 is 0 Å². The van der Waals surface area contributed by atoms with Crippen molar-refractivity contribution in [1.29, 1.82) is 0 Å². The highest BCUT2D eigenvalue weighted by Crippen LogP contribution is 2.23. The molecule has 0 amide bonds. The number of hydrogen-bond donors (Lipinski definition) is 1. The van der Waals surface area contributed by atoms with E-state index in [-0.39, 0.29) is 0 Å². The van der Waals surface area contributed by atoms with Crippen molar-refractivity contribution < 1.29 is 0 Å². The van der Waals surface area contributed by atoms with Gasteiger partial charge >= 0.3 is 0 Å². The van der Waals surface area contributed by atoms with Gasteiger partial charge in [0.25, 0.3) is 0 Å². The molecule has 2 aromatic heterocycles. The molecule has 1 saturated heterocycles. The van der Waals surface area contributed by atoms with Gasteiger partial charge in [-0.05, 0) is 44.2 Å². The molecule has 1 N–H and O–H groups in total. The van der Waals surface area contributed by atoms with Crippen LogP contribution in [-0.4, -0.2) is 33.3 Å². The third-order valence-corrected chi connectivity index (χ3v) is 3.67. The Kier molecular flexibility index (Phi) is 3.44. The fourth-order valence-corrected chi connectivity index (χ4v) is 2.77. The lowest BCUT2D eigenvalue weighted by Crippen LogP contribution is -2.36. The fourth-order valence-electron chi connectivity index (χ4n) is 2.77. The molecule has 5 heteroatoms. The number of anilines is 1. The zero-order chi connectivity index (χ0) is 13.1. The summed E-state index contributed by atoms with van der Waals surface area (Å²) in [7, 11) is 0. The van der Waals surface area contributed by atoms with E-state index in [4.69, 9.17) is 0 Å². The van der Waals surface area contributed by atoms with E-state index in [1.807, 2.05) is 25.4 Å². The van der Waals surface area contributed by atoms with Gasteiger partial charge in [-0.2, -0.15) is 5.10 Å². The van der Waals surface area contributed by atoms with E-state index in [1.54, 1.807) is 0 Å². The van der Waals surface area contributed by atoms with E-state index in [1.165, 1.54) is 18.5 Å². The molecule has 1 aliphatic heterocycles. The Bertz CT molecular complexity index is 522. The summed E-state index contributed by atoms with van der Waals surface area (Å²) < 4.78 is 0. The molecule has 0 spiro atoms. The fraction of sp³-hybridized carbons (Fsp3) is 0.500. The Morgan fingerprint density at radius 1 is 1.37 bits per heavy atom. The topological polar surface area (TPSA) is 57.7 Å². The molecule has 19 heavy (non-hydrogen) atoms. The number of H-pyrrole nitrogens is 1. The second-order valence-electron chi connectivity index (χ2n) is 5.20. The lowest BCUT2D eigenvalue weighted by Gasteiger charge is -2.33. The van der Waals surface area contributed by atoms with Crippen LogP contribution in [-0.2, 0) is 6.42 Å². The first-order chi connectivity index (χ1) is 9.31. The van der Waals surface area contributed by atoms with Crippen LogP contribution in [0.1, 0.15) is 24.4 Å². The van der Waals surface area contributed by atoms with Gasteiger partial charge < -0.3 is 4.90 Å². The minimum absolute atomic E-state index is 0.671. The molecule has 2 aromatic rings. The van der Waals surface area contributed by atoms with Crippen LogP contribution in [0.2, 0.25) is 0 Å². The predicted octanol–water partition coefficient (Wildman–Crippen LogP) is 1.97. The van der Waals surface area contributed by atoms with Crippen LogP contribution in [0.4, 0.5) is 5.82 Å². The molecule has 1 atom stereocenters. The van der Waals surface area contributed by atoms with Crippen molar-refractivity contribution in [3.05, 3.63) is 36.0 Å². The van der Waals surface area contributed by atoms with Gasteiger partial charge in [0.2, 0.25) is 0 Å². The molecule has 1 fully saturated rings. The van der Waals surface area contributed by atoms with Gasteiger partial charge in [-0.25, -0.2) is 9.97 Å². The molecule has 3 rings (SSSR count). The molecular formula is C14H19N5. The normalized spacial score (nSPS) is 19.6. The second kappa shape index (κ2) is 5.38. The van der Waals surface area contributed by atoms with Crippen LogP contribution in [0.5, 0.6) is 0 Å². The maximum absolute atomic E-state index is 4.52. The molecule has 0 bridgehead atoms. The minimum Gasteiger partial charge on any atom is -0.356 e. The average Bonchev–Trinajstić information content (AvgIpc) is 2.92. The summed E-state index contributed by atoms with van der Waals surface area (Å²) in [5.74, 6) is 2.57. The number of nitrogens with zero attached hydrogens (tertiary/aromatic N) is 4. The monoisotopic (exact) mass is 257 g/mol. The van der Waals surface area contributed by atoms with Crippen LogP contribution in [0.15, 0.2) is 24.5 Å². The summed E-state index contributed by atoms with van der Waals surface area (Å²) >= 11 is 0. The van der Waals surface area contributed by atoms with E-state index < -0.39 is 0 Å². The molecule has 3 heterocycles. The third-order valence-electron chi connectivity index (χ3n) is 3.67. The Hall–Kier alpha value is -1.91. The van der Waals surface area contributed by atoms with E-state index in [0.29, 0.717) is 5.92 Å². The first-order valence-corrected chi connectivity index (χ1v) is 6.84. The van der Waals surface area contributed by atoms with Crippen LogP contribution >= 0.6 is 0 Å². The summed E-state index contributed by atoms with van der Waals surface area (Å²) in [6, 6.07) is 4.07. The number of nitrogens with one attached hydrogen (secondary N) is 1. The van der Waals surface area contributed by atoms with Crippen LogP contribution < -0.4 is 4.90 Å². The average molecular weight is 257 g/mol.